The zero-order valence-corrected chi connectivity index (χ0v) is 24.2. The molecule has 2 amide bonds. The molecule has 13 nitrogen and oxygen atoms in total. The number of hydrogen-bond acceptors (Lipinski definition) is 10. The summed E-state index contributed by atoms with van der Waals surface area (Å²) >= 11 is 0. The maximum absolute atomic E-state index is 12.5. The number of pyridine rings is 1. The lowest BCUT2D eigenvalue weighted by molar-refractivity contribution is -0.143. The van der Waals surface area contributed by atoms with Gasteiger partial charge < -0.3 is 35.4 Å². The van der Waals surface area contributed by atoms with E-state index in [4.69, 9.17) is 14.3 Å². The Kier molecular flexibility index (Phi) is 11.6. The summed E-state index contributed by atoms with van der Waals surface area (Å²) in [5, 5.41) is 19.1. The van der Waals surface area contributed by atoms with E-state index in [9.17, 15) is 24.3 Å². The normalized spacial score (nSPS) is 16.8. The highest BCUT2D eigenvalue weighted by molar-refractivity contribution is 5.96. The molecule has 2 heterocycles. The molecule has 3 atom stereocenters. The molecule has 13 heteroatoms. The number of carboxylic acid groups (broad SMARTS) is 1. The van der Waals surface area contributed by atoms with E-state index in [0.717, 1.165) is 11.1 Å². The molecular formula is C31H35N5O8. The molecule has 2 aromatic carbocycles. The van der Waals surface area contributed by atoms with Gasteiger partial charge in [-0.1, -0.05) is 54.1 Å². The summed E-state index contributed by atoms with van der Waals surface area (Å²) in [4.78, 5) is 58.8. The lowest BCUT2D eigenvalue weighted by atomic mass is 10.1. The van der Waals surface area contributed by atoms with E-state index in [1.54, 1.807) is 42.6 Å². The van der Waals surface area contributed by atoms with Gasteiger partial charge in [0.15, 0.2) is 0 Å². The Labute approximate surface area is 254 Å². The number of hydrogen-bond donors (Lipinski definition) is 4. The Morgan fingerprint density at radius 1 is 1.02 bits per heavy atom. The minimum absolute atomic E-state index is 0.0489. The average Bonchev–Trinajstić information content (AvgIpc) is 3.42. The fourth-order valence-corrected chi connectivity index (χ4v) is 4.40. The Morgan fingerprint density at radius 3 is 2.48 bits per heavy atom. The van der Waals surface area contributed by atoms with Gasteiger partial charge in [0.05, 0.1) is 18.7 Å². The number of rotatable bonds is 14. The van der Waals surface area contributed by atoms with E-state index in [0.29, 0.717) is 24.3 Å². The number of nitrogens with one attached hydrogen (secondary N) is 3. The minimum Gasteiger partial charge on any atom is -0.480 e. The minimum atomic E-state index is -1.34. The van der Waals surface area contributed by atoms with Crippen molar-refractivity contribution >= 4 is 29.8 Å². The molecule has 1 fully saturated rings. The second kappa shape index (κ2) is 16.0. The smallest absolute Gasteiger partial charge is 0.480 e. The van der Waals surface area contributed by atoms with Crippen molar-refractivity contribution in [1.29, 1.82) is 0 Å². The fraction of sp³-hybridized carbons (Fsp3) is 0.323. The summed E-state index contributed by atoms with van der Waals surface area (Å²) in [6.07, 6.45) is 0.723. The number of nitrogens with zero attached hydrogens (tertiary/aromatic N) is 2. The summed E-state index contributed by atoms with van der Waals surface area (Å²) in [7, 11) is 0. The van der Waals surface area contributed by atoms with Crippen LogP contribution < -0.4 is 16.0 Å². The van der Waals surface area contributed by atoms with Crippen molar-refractivity contribution in [2.45, 2.75) is 38.1 Å². The third-order valence-electron chi connectivity index (χ3n) is 6.77. The van der Waals surface area contributed by atoms with E-state index in [2.05, 4.69) is 20.9 Å². The quantitative estimate of drug-likeness (QED) is 0.199. The van der Waals surface area contributed by atoms with Crippen molar-refractivity contribution in [1.82, 2.24) is 20.7 Å². The molecule has 0 bridgehead atoms. The molecule has 44 heavy (non-hydrogen) atoms. The van der Waals surface area contributed by atoms with Crippen LogP contribution in [0.1, 0.15) is 27.9 Å². The highest BCUT2D eigenvalue weighted by atomic mass is 16.8. The molecular weight excluding hydrogens is 570 g/mol. The molecule has 1 aliphatic heterocycles. The van der Waals surface area contributed by atoms with Gasteiger partial charge in [-0.15, -0.1) is 5.06 Å². The molecule has 4 N–H and O–H groups in total. The lowest BCUT2D eigenvalue weighted by Crippen LogP contribution is -2.49. The lowest BCUT2D eigenvalue weighted by Gasteiger charge is -2.22. The molecule has 0 radical (unpaired) electrons. The van der Waals surface area contributed by atoms with Gasteiger partial charge in [0.1, 0.15) is 25.1 Å². The molecule has 232 valence electrons. The van der Waals surface area contributed by atoms with Crippen LogP contribution in [0.25, 0.3) is 0 Å². The average molecular weight is 606 g/mol. The molecule has 1 aromatic heterocycles. The number of carboxylic acids is 1. The van der Waals surface area contributed by atoms with Crippen LogP contribution in [-0.4, -0.2) is 83.5 Å². The second-order valence-corrected chi connectivity index (χ2v) is 10.2. The van der Waals surface area contributed by atoms with Gasteiger partial charge >= 0.3 is 12.1 Å². The number of anilines is 1. The summed E-state index contributed by atoms with van der Waals surface area (Å²) in [5.74, 6) is -1.78. The maximum atomic E-state index is 12.5. The van der Waals surface area contributed by atoms with Gasteiger partial charge in [0, 0.05) is 24.8 Å². The number of amides is 2. The van der Waals surface area contributed by atoms with Crippen LogP contribution in [0.3, 0.4) is 0 Å². The second-order valence-electron chi connectivity index (χ2n) is 10.2. The number of ether oxygens (including phenoxy) is 2. The van der Waals surface area contributed by atoms with Crippen LogP contribution >= 0.6 is 0 Å². The first kappa shape index (κ1) is 31.9. The van der Waals surface area contributed by atoms with Gasteiger partial charge in [-0.05, 0) is 43.2 Å². The highest BCUT2D eigenvalue weighted by Crippen LogP contribution is 2.22. The van der Waals surface area contributed by atoms with Crippen LogP contribution in [0, 0.1) is 6.92 Å². The number of carbonyl (C=O) groups is 4. The molecule has 3 aromatic rings. The zero-order valence-electron chi connectivity index (χ0n) is 24.2. The number of carbonyl (C=O) groups excluding carboxylic acids is 3. The number of aromatic nitrogens is 1. The summed E-state index contributed by atoms with van der Waals surface area (Å²) in [5.41, 5.74) is 2.08. The highest BCUT2D eigenvalue weighted by Gasteiger charge is 2.36. The Bertz CT molecular complexity index is 1390. The van der Waals surface area contributed by atoms with Crippen molar-refractivity contribution < 1.29 is 38.6 Å². The van der Waals surface area contributed by atoms with E-state index in [-0.39, 0.29) is 32.3 Å². The maximum Gasteiger partial charge on any atom is 0.528 e. The van der Waals surface area contributed by atoms with Crippen LogP contribution in [0.2, 0.25) is 0 Å². The first-order valence-corrected chi connectivity index (χ1v) is 14.1. The van der Waals surface area contributed by atoms with Crippen LogP contribution in [0.4, 0.5) is 10.6 Å². The molecule has 3 unspecified atom stereocenters. The number of aliphatic carboxylic acids is 1. The monoisotopic (exact) mass is 605 g/mol. The third kappa shape index (κ3) is 10.1. The van der Waals surface area contributed by atoms with E-state index < -0.39 is 36.1 Å². The number of benzene rings is 2. The first-order valence-electron chi connectivity index (χ1n) is 14.1. The van der Waals surface area contributed by atoms with E-state index >= 15 is 0 Å². The SMILES string of the molecule is Cc1ccc(C(=O)NC(CNC(=O)COC2CC(CNc3ccccn3)N(OC(=O)OCc3ccccc3)C2)C(=O)O)cc1. The van der Waals surface area contributed by atoms with Crippen molar-refractivity contribution in [3.05, 3.63) is 95.7 Å². The topological polar surface area (TPSA) is 168 Å². The summed E-state index contributed by atoms with van der Waals surface area (Å²) in [6.45, 7) is 1.76. The Morgan fingerprint density at radius 2 is 1.77 bits per heavy atom. The number of aryl methyl sites for hydroxylation is 1. The van der Waals surface area contributed by atoms with Crippen molar-refractivity contribution in [2.24, 2.45) is 0 Å². The van der Waals surface area contributed by atoms with E-state index in [1.807, 2.05) is 43.3 Å². The van der Waals surface area contributed by atoms with Crippen molar-refractivity contribution in [3.8, 4) is 0 Å². The van der Waals surface area contributed by atoms with Gasteiger partial charge in [0.2, 0.25) is 5.91 Å². The van der Waals surface area contributed by atoms with Crippen LogP contribution in [-0.2, 0) is 30.5 Å². The van der Waals surface area contributed by atoms with Crippen molar-refractivity contribution in [2.75, 3.05) is 31.6 Å². The number of hydroxylamine groups is 2. The Hall–Kier alpha value is -5.01. The van der Waals surface area contributed by atoms with Gasteiger partial charge in [-0.2, -0.15) is 0 Å². The van der Waals surface area contributed by atoms with E-state index in [1.165, 1.54) is 5.06 Å². The van der Waals surface area contributed by atoms with Crippen molar-refractivity contribution in [3.63, 3.8) is 0 Å². The predicted octanol–water partition coefficient (Wildman–Crippen LogP) is 2.53. The predicted molar refractivity (Wildman–Crippen MR) is 158 cm³/mol. The first-order chi connectivity index (χ1) is 21.3. The Balaban J connectivity index is 1.26. The zero-order chi connectivity index (χ0) is 31.3. The van der Waals surface area contributed by atoms with Gasteiger partial charge in [0.25, 0.3) is 5.91 Å². The van der Waals surface area contributed by atoms with Crippen LogP contribution in [0.5, 0.6) is 0 Å². The van der Waals surface area contributed by atoms with Crippen LogP contribution in [0.15, 0.2) is 79.0 Å². The molecule has 0 saturated carbocycles. The largest absolute Gasteiger partial charge is 0.528 e. The molecule has 1 aliphatic rings. The third-order valence-corrected chi connectivity index (χ3v) is 6.77. The summed E-state index contributed by atoms with van der Waals surface area (Å²) < 4.78 is 11.0. The van der Waals surface area contributed by atoms with Gasteiger partial charge in [-0.3, -0.25) is 9.59 Å². The molecule has 0 spiro atoms. The molecule has 1 saturated heterocycles. The van der Waals surface area contributed by atoms with Gasteiger partial charge in [-0.25, -0.2) is 14.6 Å². The molecule has 4 rings (SSSR count). The summed E-state index contributed by atoms with van der Waals surface area (Å²) in [6, 6.07) is 19.6. The molecule has 0 aliphatic carbocycles. The standard InChI is InChI=1S/C31H35N5O8/c1-21-10-12-23(13-11-21)29(38)35-26(30(39)40)17-34-28(37)20-42-25-15-24(16-33-27-9-5-6-14-32-27)36(18-25)44-31(41)43-19-22-7-3-2-4-8-22/h2-14,24-26H,15-20H2,1H3,(H,32,33)(H,34,37)(H,35,38)(H,39,40). The fourth-order valence-electron chi connectivity index (χ4n) is 4.40.